The van der Waals surface area contributed by atoms with Crippen LogP contribution in [-0.2, 0) is 5.41 Å². The summed E-state index contributed by atoms with van der Waals surface area (Å²) in [7, 11) is 0. The average Bonchev–Trinajstić information content (AvgIpc) is 2.30. The minimum atomic E-state index is 0. The Hall–Kier alpha value is -0.890. The maximum atomic E-state index is 5.83. The van der Waals surface area contributed by atoms with Crippen molar-refractivity contribution in [2.24, 2.45) is 0 Å². The van der Waals surface area contributed by atoms with E-state index < -0.39 is 0 Å². The molecule has 0 aromatic heterocycles. The molecule has 0 spiro atoms. The van der Waals surface area contributed by atoms with E-state index in [-0.39, 0.29) is 17.8 Å². The first-order valence-corrected chi connectivity index (χ1v) is 4.24. The van der Waals surface area contributed by atoms with Crippen molar-refractivity contribution in [3.8, 4) is 0 Å². The van der Waals surface area contributed by atoms with Gasteiger partial charge in [0.15, 0.2) is 0 Å². The number of benzene rings is 1. The minimum absolute atomic E-state index is 0. The Morgan fingerprint density at radius 1 is 1.38 bits per heavy atom. The van der Waals surface area contributed by atoms with Gasteiger partial charge in [-0.15, -0.1) is 12.4 Å². The van der Waals surface area contributed by atoms with E-state index in [9.17, 15) is 0 Å². The predicted molar refractivity (Wildman–Crippen MR) is 59.6 cm³/mol. The lowest BCUT2D eigenvalue weighted by Crippen LogP contribution is -2.18. The van der Waals surface area contributed by atoms with Crippen molar-refractivity contribution in [3.63, 3.8) is 0 Å². The molecule has 72 valence electrons. The molecule has 0 aliphatic carbocycles. The SMILES string of the molecule is CC1(C)CNc2c(N)cccc21.Cl. The minimum Gasteiger partial charge on any atom is -0.397 e. The topological polar surface area (TPSA) is 38.0 Å². The molecular formula is C10H15ClN2. The Morgan fingerprint density at radius 2 is 2.08 bits per heavy atom. The predicted octanol–water partition coefficient (Wildman–Crippen LogP) is 2.39. The number of hydrogen-bond acceptors (Lipinski definition) is 2. The molecule has 0 bridgehead atoms. The highest BCUT2D eigenvalue weighted by Gasteiger charge is 2.30. The summed E-state index contributed by atoms with van der Waals surface area (Å²) in [5.74, 6) is 0. The molecule has 13 heavy (non-hydrogen) atoms. The third kappa shape index (κ3) is 1.46. The number of nitrogen functional groups attached to an aromatic ring is 1. The Morgan fingerprint density at radius 3 is 2.69 bits per heavy atom. The van der Waals surface area contributed by atoms with Crippen LogP contribution in [0.4, 0.5) is 11.4 Å². The molecule has 3 N–H and O–H groups in total. The summed E-state index contributed by atoms with van der Waals surface area (Å²) in [6, 6.07) is 6.10. The standard InChI is InChI=1S/C10H14N2.ClH/c1-10(2)6-12-9-7(10)4-3-5-8(9)11;/h3-5,12H,6,11H2,1-2H3;1H. The van der Waals surface area contributed by atoms with Crippen LogP contribution >= 0.6 is 12.4 Å². The molecular weight excluding hydrogens is 184 g/mol. The second kappa shape index (κ2) is 3.11. The summed E-state index contributed by atoms with van der Waals surface area (Å²) in [6.07, 6.45) is 0. The summed E-state index contributed by atoms with van der Waals surface area (Å²) in [5.41, 5.74) is 9.38. The van der Waals surface area contributed by atoms with Crippen molar-refractivity contribution < 1.29 is 0 Å². The normalized spacial score (nSPS) is 17.1. The van der Waals surface area contributed by atoms with Gasteiger partial charge in [-0.05, 0) is 11.6 Å². The van der Waals surface area contributed by atoms with Crippen LogP contribution in [0.3, 0.4) is 0 Å². The number of fused-ring (bicyclic) bond motifs is 1. The van der Waals surface area contributed by atoms with E-state index in [0.717, 1.165) is 17.9 Å². The number of nitrogens with two attached hydrogens (primary N) is 1. The summed E-state index contributed by atoms with van der Waals surface area (Å²) in [5, 5.41) is 3.33. The Balaban J connectivity index is 0.000000845. The number of nitrogens with one attached hydrogen (secondary N) is 1. The monoisotopic (exact) mass is 198 g/mol. The zero-order chi connectivity index (χ0) is 8.77. The second-order valence-corrected chi connectivity index (χ2v) is 4.01. The molecule has 0 fully saturated rings. The van der Waals surface area contributed by atoms with E-state index in [1.54, 1.807) is 0 Å². The highest BCUT2D eigenvalue weighted by Crippen LogP contribution is 2.39. The fraction of sp³-hybridized carbons (Fsp3) is 0.400. The fourth-order valence-electron chi connectivity index (χ4n) is 1.74. The Bertz CT molecular complexity index is 321. The lowest BCUT2D eigenvalue weighted by molar-refractivity contribution is 0.586. The zero-order valence-electron chi connectivity index (χ0n) is 7.92. The van der Waals surface area contributed by atoms with Gasteiger partial charge in [0.25, 0.3) is 0 Å². The number of para-hydroxylation sites is 1. The zero-order valence-corrected chi connectivity index (χ0v) is 8.74. The van der Waals surface area contributed by atoms with Gasteiger partial charge in [-0.2, -0.15) is 0 Å². The van der Waals surface area contributed by atoms with E-state index in [4.69, 9.17) is 5.73 Å². The number of hydrogen-bond donors (Lipinski definition) is 2. The summed E-state index contributed by atoms with van der Waals surface area (Å²) in [6.45, 7) is 5.44. The largest absolute Gasteiger partial charge is 0.397 e. The molecule has 0 radical (unpaired) electrons. The van der Waals surface area contributed by atoms with Crippen LogP contribution in [0.5, 0.6) is 0 Å². The maximum Gasteiger partial charge on any atom is 0.0612 e. The quantitative estimate of drug-likeness (QED) is 0.629. The highest BCUT2D eigenvalue weighted by atomic mass is 35.5. The lowest BCUT2D eigenvalue weighted by atomic mass is 9.87. The number of rotatable bonds is 0. The summed E-state index contributed by atoms with van der Waals surface area (Å²) < 4.78 is 0. The van der Waals surface area contributed by atoms with E-state index in [1.807, 2.05) is 12.1 Å². The highest BCUT2D eigenvalue weighted by molar-refractivity contribution is 5.85. The van der Waals surface area contributed by atoms with Crippen LogP contribution in [0.1, 0.15) is 19.4 Å². The Kier molecular flexibility index (Phi) is 2.44. The first kappa shape index (κ1) is 10.2. The molecule has 0 unspecified atom stereocenters. The first-order chi connectivity index (χ1) is 5.61. The van der Waals surface area contributed by atoms with E-state index >= 15 is 0 Å². The van der Waals surface area contributed by atoms with Crippen LogP contribution in [0.25, 0.3) is 0 Å². The molecule has 1 aliphatic heterocycles. The molecule has 0 amide bonds. The van der Waals surface area contributed by atoms with Crippen LogP contribution in [0.2, 0.25) is 0 Å². The van der Waals surface area contributed by atoms with Crippen LogP contribution < -0.4 is 11.1 Å². The third-order valence-corrected chi connectivity index (χ3v) is 2.53. The van der Waals surface area contributed by atoms with Crippen molar-refractivity contribution in [3.05, 3.63) is 23.8 Å². The molecule has 1 aromatic rings. The number of halogens is 1. The molecule has 1 aliphatic rings. The first-order valence-electron chi connectivity index (χ1n) is 4.24. The van der Waals surface area contributed by atoms with Gasteiger partial charge in [-0.3, -0.25) is 0 Å². The maximum absolute atomic E-state index is 5.83. The molecule has 3 heteroatoms. The molecule has 0 saturated heterocycles. The molecule has 0 saturated carbocycles. The van der Waals surface area contributed by atoms with Gasteiger partial charge in [0.2, 0.25) is 0 Å². The van der Waals surface area contributed by atoms with Crippen molar-refractivity contribution in [1.29, 1.82) is 0 Å². The van der Waals surface area contributed by atoms with Gasteiger partial charge in [0, 0.05) is 12.0 Å². The van der Waals surface area contributed by atoms with Gasteiger partial charge in [-0.25, -0.2) is 0 Å². The van der Waals surface area contributed by atoms with Gasteiger partial charge in [0.05, 0.1) is 11.4 Å². The fourth-order valence-corrected chi connectivity index (χ4v) is 1.74. The van der Waals surface area contributed by atoms with Crippen molar-refractivity contribution in [2.45, 2.75) is 19.3 Å². The lowest BCUT2D eigenvalue weighted by Gasteiger charge is -2.16. The van der Waals surface area contributed by atoms with Crippen LogP contribution in [0.15, 0.2) is 18.2 Å². The molecule has 2 nitrogen and oxygen atoms in total. The van der Waals surface area contributed by atoms with Crippen LogP contribution in [-0.4, -0.2) is 6.54 Å². The van der Waals surface area contributed by atoms with Crippen molar-refractivity contribution in [2.75, 3.05) is 17.6 Å². The van der Waals surface area contributed by atoms with Gasteiger partial charge < -0.3 is 11.1 Å². The van der Waals surface area contributed by atoms with Gasteiger partial charge in [0.1, 0.15) is 0 Å². The van der Waals surface area contributed by atoms with E-state index in [2.05, 4.69) is 25.2 Å². The molecule has 1 heterocycles. The number of anilines is 2. The van der Waals surface area contributed by atoms with Crippen molar-refractivity contribution in [1.82, 2.24) is 0 Å². The molecule has 0 atom stereocenters. The van der Waals surface area contributed by atoms with Gasteiger partial charge in [-0.1, -0.05) is 26.0 Å². The smallest absolute Gasteiger partial charge is 0.0612 e. The second-order valence-electron chi connectivity index (χ2n) is 4.01. The van der Waals surface area contributed by atoms with Crippen LogP contribution in [0, 0.1) is 0 Å². The van der Waals surface area contributed by atoms with Gasteiger partial charge >= 0.3 is 0 Å². The molecule has 2 rings (SSSR count). The molecule has 1 aromatic carbocycles. The average molecular weight is 199 g/mol. The Labute approximate surface area is 84.9 Å². The summed E-state index contributed by atoms with van der Waals surface area (Å²) in [4.78, 5) is 0. The van der Waals surface area contributed by atoms with E-state index in [1.165, 1.54) is 5.56 Å². The third-order valence-electron chi connectivity index (χ3n) is 2.53. The van der Waals surface area contributed by atoms with E-state index in [0.29, 0.717) is 0 Å². The van der Waals surface area contributed by atoms with Crippen molar-refractivity contribution >= 4 is 23.8 Å². The summed E-state index contributed by atoms with van der Waals surface area (Å²) >= 11 is 0.